The van der Waals surface area contributed by atoms with Crippen LogP contribution in [0.15, 0.2) is 30.3 Å². The van der Waals surface area contributed by atoms with E-state index in [0.29, 0.717) is 24.7 Å². The van der Waals surface area contributed by atoms with E-state index in [1.54, 1.807) is 18.2 Å². The Morgan fingerprint density at radius 3 is 2.75 bits per heavy atom. The summed E-state index contributed by atoms with van der Waals surface area (Å²) < 4.78 is 0. The fraction of sp³-hybridized carbons (Fsp3) is 0.524. The van der Waals surface area contributed by atoms with E-state index in [4.69, 9.17) is 11.6 Å². The number of piperidine rings is 1. The number of aliphatic hydroxyl groups is 1. The highest BCUT2D eigenvalue weighted by Crippen LogP contribution is 2.18. The number of carbonyl (C=O) groups is 2. The van der Waals surface area contributed by atoms with E-state index in [1.165, 1.54) is 6.08 Å². The molecule has 1 aromatic rings. The number of nitrogens with one attached hydrogen (secondary N) is 1. The van der Waals surface area contributed by atoms with Gasteiger partial charge in [0.25, 0.3) is 0 Å². The Kier molecular flexibility index (Phi) is 7.62. The lowest BCUT2D eigenvalue weighted by Crippen LogP contribution is -2.56. The summed E-state index contributed by atoms with van der Waals surface area (Å²) in [4.78, 5) is 28.6. The number of amides is 1. The van der Waals surface area contributed by atoms with Crippen molar-refractivity contribution < 1.29 is 14.7 Å². The van der Waals surface area contributed by atoms with Crippen LogP contribution in [0.5, 0.6) is 0 Å². The maximum Gasteiger partial charge on any atom is 0.234 e. The first kappa shape index (κ1) is 21.0. The van der Waals surface area contributed by atoms with Gasteiger partial charge in [-0.15, -0.1) is 0 Å². The van der Waals surface area contributed by atoms with Gasteiger partial charge in [-0.25, -0.2) is 0 Å². The summed E-state index contributed by atoms with van der Waals surface area (Å²) in [5.74, 6) is -0.156. The number of benzene rings is 1. The van der Waals surface area contributed by atoms with Gasteiger partial charge in [-0.05, 0) is 49.7 Å². The SMILES string of the molecule is O=C1CN(CC(O)C(C(=O)/C=C/c2cccc(Cl)c2)N2CCCCC2)CCN1. The van der Waals surface area contributed by atoms with Gasteiger partial charge in [-0.3, -0.25) is 19.4 Å². The second kappa shape index (κ2) is 10.2. The minimum absolute atomic E-state index is 0.0415. The molecule has 0 spiro atoms. The number of β-amino-alcohol motifs (C(OH)–C–C–N with tert-alkyl or cyclic N) is 1. The third-order valence-electron chi connectivity index (χ3n) is 5.29. The van der Waals surface area contributed by atoms with Crippen molar-refractivity contribution in [2.45, 2.75) is 31.4 Å². The first-order valence-electron chi connectivity index (χ1n) is 9.91. The molecule has 2 aliphatic heterocycles. The molecule has 2 N–H and O–H groups in total. The van der Waals surface area contributed by atoms with Crippen LogP contribution in [-0.4, -0.2) is 78.0 Å². The van der Waals surface area contributed by atoms with Crippen LogP contribution < -0.4 is 5.32 Å². The highest BCUT2D eigenvalue weighted by molar-refractivity contribution is 6.30. The number of aliphatic hydroxyl groups excluding tert-OH is 1. The minimum atomic E-state index is -0.847. The van der Waals surface area contributed by atoms with Crippen molar-refractivity contribution in [3.8, 4) is 0 Å². The highest BCUT2D eigenvalue weighted by atomic mass is 35.5. The lowest BCUT2D eigenvalue weighted by atomic mass is 9.99. The maximum atomic E-state index is 13.0. The van der Waals surface area contributed by atoms with Crippen LogP contribution >= 0.6 is 11.6 Å². The fourth-order valence-electron chi connectivity index (χ4n) is 3.91. The first-order valence-corrected chi connectivity index (χ1v) is 10.3. The minimum Gasteiger partial charge on any atom is -0.390 e. The number of likely N-dealkylation sites (tertiary alicyclic amines) is 1. The average Bonchev–Trinajstić information content (AvgIpc) is 2.67. The molecule has 0 bridgehead atoms. The number of halogens is 1. The van der Waals surface area contributed by atoms with Crippen LogP contribution in [0.3, 0.4) is 0 Å². The van der Waals surface area contributed by atoms with Crippen molar-refractivity contribution in [1.82, 2.24) is 15.1 Å². The Morgan fingerprint density at radius 2 is 2.04 bits per heavy atom. The van der Waals surface area contributed by atoms with Gasteiger partial charge in [0.05, 0.1) is 12.6 Å². The number of piperazine rings is 1. The molecule has 1 amide bonds. The molecule has 2 unspecified atom stereocenters. The van der Waals surface area contributed by atoms with E-state index < -0.39 is 12.1 Å². The van der Waals surface area contributed by atoms with E-state index in [0.717, 1.165) is 37.9 Å². The largest absolute Gasteiger partial charge is 0.390 e. The summed E-state index contributed by atoms with van der Waals surface area (Å²) in [6, 6.07) is 6.71. The van der Waals surface area contributed by atoms with Crippen molar-refractivity contribution in [3.05, 3.63) is 40.9 Å². The quantitative estimate of drug-likeness (QED) is 0.674. The summed E-state index contributed by atoms with van der Waals surface area (Å²) >= 11 is 6.01. The van der Waals surface area contributed by atoms with E-state index >= 15 is 0 Å². The van der Waals surface area contributed by atoms with Crippen LogP contribution in [0.25, 0.3) is 6.08 Å². The van der Waals surface area contributed by atoms with Gasteiger partial charge < -0.3 is 10.4 Å². The van der Waals surface area contributed by atoms with Crippen molar-refractivity contribution in [1.29, 1.82) is 0 Å². The molecule has 0 aliphatic carbocycles. The van der Waals surface area contributed by atoms with E-state index in [9.17, 15) is 14.7 Å². The van der Waals surface area contributed by atoms with E-state index in [1.807, 2.05) is 17.0 Å². The summed E-state index contributed by atoms with van der Waals surface area (Å²) in [7, 11) is 0. The summed E-state index contributed by atoms with van der Waals surface area (Å²) in [5.41, 5.74) is 0.848. The van der Waals surface area contributed by atoms with Crippen LogP contribution in [0.1, 0.15) is 24.8 Å². The molecule has 152 valence electrons. The average molecular weight is 406 g/mol. The van der Waals surface area contributed by atoms with Gasteiger partial charge >= 0.3 is 0 Å². The predicted octanol–water partition coefficient (Wildman–Crippen LogP) is 1.57. The van der Waals surface area contributed by atoms with Gasteiger partial charge in [0.15, 0.2) is 5.78 Å². The molecule has 2 heterocycles. The molecular weight excluding hydrogens is 378 g/mol. The van der Waals surface area contributed by atoms with Gasteiger partial charge in [0.2, 0.25) is 5.91 Å². The molecule has 2 fully saturated rings. The Bertz CT molecular complexity index is 719. The Morgan fingerprint density at radius 1 is 1.25 bits per heavy atom. The molecular formula is C21H28ClN3O3. The monoisotopic (exact) mass is 405 g/mol. The lowest BCUT2D eigenvalue weighted by Gasteiger charge is -2.38. The number of hydrogen-bond acceptors (Lipinski definition) is 5. The molecule has 28 heavy (non-hydrogen) atoms. The van der Waals surface area contributed by atoms with Crippen LogP contribution in [0.2, 0.25) is 5.02 Å². The summed E-state index contributed by atoms with van der Waals surface area (Å²) in [6.45, 7) is 3.43. The topological polar surface area (TPSA) is 72.9 Å². The Hall–Kier alpha value is -1.73. The molecule has 1 aromatic carbocycles. The maximum absolute atomic E-state index is 13.0. The van der Waals surface area contributed by atoms with Gasteiger partial charge in [-0.2, -0.15) is 0 Å². The van der Waals surface area contributed by atoms with Gasteiger partial charge in [0, 0.05) is 24.7 Å². The number of ketones is 1. The van der Waals surface area contributed by atoms with E-state index in [-0.39, 0.29) is 18.2 Å². The molecule has 0 radical (unpaired) electrons. The second-order valence-corrected chi connectivity index (χ2v) is 7.92. The fourth-order valence-corrected chi connectivity index (χ4v) is 4.11. The van der Waals surface area contributed by atoms with Crippen LogP contribution in [0, 0.1) is 0 Å². The van der Waals surface area contributed by atoms with Gasteiger partial charge in [-0.1, -0.05) is 36.2 Å². The first-order chi connectivity index (χ1) is 13.5. The number of rotatable bonds is 7. The van der Waals surface area contributed by atoms with Crippen LogP contribution in [-0.2, 0) is 9.59 Å². The second-order valence-electron chi connectivity index (χ2n) is 7.48. The normalized spacial score (nSPS) is 21.4. The zero-order valence-corrected chi connectivity index (χ0v) is 16.8. The smallest absolute Gasteiger partial charge is 0.234 e. The standard InChI is InChI=1S/C21H28ClN3O3/c22-17-6-4-5-16(13-17)7-8-18(26)21(25-10-2-1-3-11-25)19(27)14-24-12-9-23-20(28)15-24/h4-8,13,19,21,27H,1-3,9-12,14-15H2,(H,23,28)/b8-7+. The predicted molar refractivity (Wildman–Crippen MR) is 110 cm³/mol. The van der Waals surface area contributed by atoms with Crippen molar-refractivity contribution in [2.24, 2.45) is 0 Å². The molecule has 7 heteroatoms. The molecule has 2 atom stereocenters. The molecule has 2 aliphatic rings. The molecule has 0 aromatic heterocycles. The zero-order chi connectivity index (χ0) is 19.9. The van der Waals surface area contributed by atoms with Crippen molar-refractivity contribution >= 4 is 29.4 Å². The van der Waals surface area contributed by atoms with Crippen molar-refractivity contribution in [3.63, 3.8) is 0 Å². The summed E-state index contributed by atoms with van der Waals surface area (Å²) in [6.07, 6.45) is 5.64. The van der Waals surface area contributed by atoms with Crippen LogP contribution in [0.4, 0.5) is 0 Å². The highest BCUT2D eigenvalue weighted by Gasteiger charge is 2.33. The van der Waals surface area contributed by atoms with Crippen molar-refractivity contribution in [2.75, 3.05) is 39.3 Å². The molecule has 2 saturated heterocycles. The Labute approximate surface area is 171 Å². The molecule has 3 rings (SSSR count). The van der Waals surface area contributed by atoms with E-state index in [2.05, 4.69) is 10.2 Å². The lowest BCUT2D eigenvalue weighted by molar-refractivity contribution is -0.126. The summed E-state index contributed by atoms with van der Waals surface area (Å²) in [5, 5.41) is 14.3. The molecule has 0 saturated carbocycles. The third-order valence-corrected chi connectivity index (χ3v) is 5.53. The Balaban J connectivity index is 1.71. The number of carbonyl (C=O) groups excluding carboxylic acids is 2. The number of nitrogens with zero attached hydrogens (tertiary/aromatic N) is 2. The third kappa shape index (κ3) is 5.88. The number of hydrogen-bond donors (Lipinski definition) is 2. The molecule has 6 nitrogen and oxygen atoms in total. The van der Waals surface area contributed by atoms with Gasteiger partial charge in [0.1, 0.15) is 6.04 Å². The zero-order valence-electron chi connectivity index (χ0n) is 16.0.